The summed E-state index contributed by atoms with van der Waals surface area (Å²) in [6.45, 7) is 0. The van der Waals surface area contributed by atoms with Crippen LogP contribution in [0.2, 0.25) is 0 Å². The summed E-state index contributed by atoms with van der Waals surface area (Å²) in [6.07, 6.45) is 0. The van der Waals surface area contributed by atoms with Gasteiger partial charge in [0, 0.05) is 4.47 Å². The van der Waals surface area contributed by atoms with Crippen molar-refractivity contribution in [2.45, 2.75) is 0 Å². The standard InChI is InChI=1S/C12H9Br/c13-12-8-4-7-11(9-12)10-5-2-1-3-6-10/h1-9H/i1D,2D,3D,5D,6D. The molecule has 0 spiro atoms. The second-order valence-electron chi connectivity index (χ2n) is 2.51. The fourth-order valence-corrected chi connectivity index (χ4v) is 1.44. The molecular weight excluding hydrogens is 224 g/mol. The smallest absolute Gasteiger partial charge is 0.0622 e. The molecule has 0 bridgehead atoms. The Morgan fingerprint density at radius 2 is 1.77 bits per heavy atom. The van der Waals surface area contributed by atoms with Gasteiger partial charge in [0.15, 0.2) is 0 Å². The third kappa shape index (κ3) is 1.99. The Balaban J connectivity index is 2.80. The predicted octanol–water partition coefficient (Wildman–Crippen LogP) is 4.12. The highest BCUT2D eigenvalue weighted by molar-refractivity contribution is 9.10. The molecule has 0 aliphatic heterocycles. The van der Waals surface area contributed by atoms with E-state index < -0.39 is 0 Å². The number of benzene rings is 2. The van der Waals surface area contributed by atoms with Gasteiger partial charge in [-0.2, -0.15) is 0 Å². The first kappa shape index (κ1) is 4.43. The van der Waals surface area contributed by atoms with E-state index in [0.29, 0.717) is 5.56 Å². The van der Waals surface area contributed by atoms with E-state index in [1.165, 1.54) is 0 Å². The van der Waals surface area contributed by atoms with Gasteiger partial charge in [-0.25, -0.2) is 0 Å². The highest BCUT2D eigenvalue weighted by atomic mass is 79.9. The molecule has 0 aliphatic carbocycles. The van der Waals surface area contributed by atoms with E-state index in [0.717, 1.165) is 4.47 Å². The summed E-state index contributed by atoms with van der Waals surface area (Å²) in [5, 5.41) is 0. The molecule has 0 N–H and O–H groups in total. The Bertz CT molecular complexity index is 595. The van der Waals surface area contributed by atoms with E-state index in [1.54, 1.807) is 18.2 Å². The van der Waals surface area contributed by atoms with E-state index >= 15 is 0 Å². The van der Waals surface area contributed by atoms with Crippen LogP contribution in [0.15, 0.2) is 59.0 Å². The van der Waals surface area contributed by atoms with Crippen molar-refractivity contribution >= 4 is 15.9 Å². The van der Waals surface area contributed by atoms with Crippen molar-refractivity contribution in [3.63, 3.8) is 0 Å². The largest absolute Gasteiger partial charge is 0.0629 e. The van der Waals surface area contributed by atoms with Crippen LogP contribution in [0, 0.1) is 0 Å². The summed E-state index contributed by atoms with van der Waals surface area (Å²) >= 11 is 3.31. The molecule has 0 saturated heterocycles. The van der Waals surface area contributed by atoms with Crippen molar-refractivity contribution in [3.05, 3.63) is 59.0 Å². The van der Waals surface area contributed by atoms with E-state index in [2.05, 4.69) is 15.9 Å². The fourth-order valence-electron chi connectivity index (χ4n) is 1.04. The van der Waals surface area contributed by atoms with Crippen LogP contribution in [0.5, 0.6) is 0 Å². The first-order valence-corrected chi connectivity index (χ1v) is 4.55. The molecule has 2 rings (SSSR count). The van der Waals surface area contributed by atoms with Crippen LogP contribution < -0.4 is 0 Å². The lowest BCUT2D eigenvalue weighted by molar-refractivity contribution is 1.59. The van der Waals surface area contributed by atoms with Crippen LogP contribution in [0.25, 0.3) is 11.1 Å². The minimum Gasteiger partial charge on any atom is -0.0622 e. The molecule has 0 aliphatic rings. The summed E-state index contributed by atoms with van der Waals surface area (Å²) < 4.78 is 39.3. The predicted molar refractivity (Wildman–Crippen MR) is 59.6 cm³/mol. The number of halogens is 1. The Kier molecular flexibility index (Phi) is 1.28. The van der Waals surface area contributed by atoms with Gasteiger partial charge in [-0.05, 0) is 23.3 Å². The molecule has 1 heteroatoms. The third-order valence-electron chi connectivity index (χ3n) is 1.61. The second-order valence-corrected chi connectivity index (χ2v) is 3.43. The van der Waals surface area contributed by atoms with E-state index in [9.17, 15) is 0 Å². The van der Waals surface area contributed by atoms with Gasteiger partial charge in [-0.15, -0.1) is 0 Å². The monoisotopic (exact) mass is 237 g/mol. The quantitative estimate of drug-likeness (QED) is 0.701. The molecular formula is C12H9Br. The molecule has 2 aromatic carbocycles. The molecule has 0 radical (unpaired) electrons. The Hall–Kier alpha value is -1.08. The molecule has 0 heterocycles. The van der Waals surface area contributed by atoms with E-state index in [4.69, 9.17) is 6.85 Å². The lowest BCUT2D eigenvalue weighted by Crippen LogP contribution is -1.75. The van der Waals surface area contributed by atoms with Gasteiger partial charge in [-0.3, -0.25) is 0 Å². The molecule has 0 aromatic heterocycles. The maximum Gasteiger partial charge on any atom is 0.0629 e. The first-order chi connectivity index (χ1) is 8.43. The average Bonchev–Trinajstić information content (AvgIpc) is 2.34. The lowest BCUT2D eigenvalue weighted by Gasteiger charge is -2.00. The highest BCUT2D eigenvalue weighted by Gasteiger charge is 1.95. The molecule has 0 saturated carbocycles. The Morgan fingerprint density at radius 1 is 1.00 bits per heavy atom. The number of hydrogen-bond donors (Lipinski definition) is 0. The van der Waals surface area contributed by atoms with Gasteiger partial charge >= 0.3 is 0 Å². The van der Waals surface area contributed by atoms with Gasteiger partial charge in [0.2, 0.25) is 0 Å². The zero-order valence-corrected chi connectivity index (χ0v) is 8.27. The zero-order valence-electron chi connectivity index (χ0n) is 11.7. The van der Waals surface area contributed by atoms with Crippen molar-refractivity contribution < 1.29 is 6.85 Å². The van der Waals surface area contributed by atoms with Crippen molar-refractivity contribution in [1.82, 2.24) is 0 Å². The lowest BCUT2D eigenvalue weighted by atomic mass is 10.1. The average molecular weight is 238 g/mol. The first-order valence-electron chi connectivity index (χ1n) is 6.26. The summed E-state index contributed by atoms with van der Waals surface area (Å²) in [5.74, 6) is 0. The van der Waals surface area contributed by atoms with Gasteiger partial charge in [0.1, 0.15) is 0 Å². The van der Waals surface area contributed by atoms with Crippen LogP contribution in [0.4, 0.5) is 0 Å². The van der Waals surface area contributed by atoms with Gasteiger partial charge in [-0.1, -0.05) is 58.3 Å². The SMILES string of the molecule is [2H]c1c([2H])c([2H])c(-c2cccc(Br)c2)c([2H])c1[2H]. The summed E-state index contributed by atoms with van der Waals surface area (Å²) in [7, 11) is 0. The van der Waals surface area contributed by atoms with Crippen LogP contribution in [0.1, 0.15) is 6.85 Å². The molecule has 13 heavy (non-hydrogen) atoms. The van der Waals surface area contributed by atoms with E-state index in [1.807, 2.05) is 6.07 Å². The molecule has 0 atom stereocenters. The molecule has 0 fully saturated rings. The van der Waals surface area contributed by atoms with Crippen LogP contribution in [0.3, 0.4) is 0 Å². The van der Waals surface area contributed by atoms with Crippen molar-refractivity contribution in [2.24, 2.45) is 0 Å². The molecule has 2 aromatic rings. The molecule has 0 unspecified atom stereocenters. The molecule has 0 nitrogen and oxygen atoms in total. The van der Waals surface area contributed by atoms with Crippen LogP contribution >= 0.6 is 15.9 Å². The maximum atomic E-state index is 7.86. The maximum absolute atomic E-state index is 7.86. The van der Waals surface area contributed by atoms with Gasteiger partial charge < -0.3 is 0 Å². The fraction of sp³-hybridized carbons (Fsp3) is 0. The highest BCUT2D eigenvalue weighted by Crippen LogP contribution is 2.22. The topological polar surface area (TPSA) is 0 Å². The van der Waals surface area contributed by atoms with Crippen LogP contribution in [-0.4, -0.2) is 0 Å². The van der Waals surface area contributed by atoms with E-state index in [-0.39, 0.29) is 35.8 Å². The Morgan fingerprint density at radius 3 is 2.46 bits per heavy atom. The number of hydrogen-bond acceptors (Lipinski definition) is 0. The minimum atomic E-state index is -0.372. The second kappa shape index (κ2) is 3.75. The van der Waals surface area contributed by atoms with Crippen molar-refractivity contribution in [1.29, 1.82) is 0 Å². The summed E-state index contributed by atoms with van der Waals surface area (Å²) in [5.41, 5.74) is 0.823. The van der Waals surface area contributed by atoms with Crippen LogP contribution in [-0.2, 0) is 0 Å². The Labute approximate surface area is 93.4 Å². The molecule has 0 amide bonds. The van der Waals surface area contributed by atoms with Crippen molar-refractivity contribution in [3.8, 4) is 11.1 Å². The normalized spacial score (nSPS) is 15.3. The van der Waals surface area contributed by atoms with Gasteiger partial charge in [0.05, 0.1) is 6.85 Å². The molecule has 64 valence electrons. The summed E-state index contributed by atoms with van der Waals surface area (Å²) in [6, 6.07) is 5.67. The minimum absolute atomic E-state index is 0.181. The zero-order chi connectivity index (χ0) is 13.4. The van der Waals surface area contributed by atoms with Gasteiger partial charge in [0.25, 0.3) is 0 Å². The number of rotatable bonds is 1. The third-order valence-corrected chi connectivity index (χ3v) is 2.11. The van der Waals surface area contributed by atoms with Crippen molar-refractivity contribution in [2.75, 3.05) is 0 Å². The summed E-state index contributed by atoms with van der Waals surface area (Å²) in [4.78, 5) is 0.